The molecule has 4 nitrogen and oxygen atoms in total. The maximum atomic E-state index is 12.1. The van der Waals surface area contributed by atoms with E-state index in [-0.39, 0.29) is 22.6 Å². The highest BCUT2D eigenvalue weighted by Crippen LogP contribution is 2.23. The normalized spacial score (nSPS) is 13.6. The number of hydrogen-bond donors (Lipinski definition) is 2. The molecule has 0 fully saturated rings. The predicted molar refractivity (Wildman–Crippen MR) is 75.5 cm³/mol. The second kappa shape index (κ2) is 6.77. The van der Waals surface area contributed by atoms with Crippen molar-refractivity contribution in [1.82, 2.24) is 4.72 Å². The molecular formula is C11H16ClNO3S2. The maximum absolute atomic E-state index is 12.1. The Morgan fingerprint density at radius 2 is 2.17 bits per heavy atom. The molecule has 0 radical (unpaired) electrons. The van der Waals surface area contributed by atoms with Gasteiger partial charge in [0.05, 0.1) is 11.6 Å². The highest BCUT2D eigenvalue weighted by atomic mass is 35.5. The highest BCUT2D eigenvalue weighted by Gasteiger charge is 2.20. The standard InChI is InChI=1S/C11H16ClNO3S2/c1-8(7-17-2)13-18(15,16)11-5-9(6-14)3-4-10(11)12/h3-5,8,13-14H,6-7H2,1-2H3. The van der Waals surface area contributed by atoms with Gasteiger partial charge < -0.3 is 5.11 Å². The monoisotopic (exact) mass is 309 g/mol. The zero-order valence-electron chi connectivity index (χ0n) is 10.2. The molecule has 1 aromatic rings. The van der Waals surface area contributed by atoms with Crippen LogP contribution in [0.2, 0.25) is 5.02 Å². The Hall–Kier alpha value is -0.270. The summed E-state index contributed by atoms with van der Waals surface area (Å²) in [6.45, 7) is 1.57. The fraction of sp³-hybridized carbons (Fsp3) is 0.455. The summed E-state index contributed by atoms with van der Waals surface area (Å²) in [5.74, 6) is 0.677. The third-order valence-corrected chi connectivity index (χ3v) is 5.15. The van der Waals surface area contributed by atoms with Gasteiger partial charge in [-0.25, -0.2) is 13.1 Å². The number of rotatable bonds is 6. The van der Waals surface area contributed by atoms with E-state index < -0.39 is 10.0 Å². The van der Waals surface area contributed by atoms with Crippen molar-refractivity contribution in [3.63, 3.8) is 0 Å². The summed E-state index contributed by atoms with van der Waals surface area (Å²) in [7, 11) is -3.65. The first-order valence-corrected chi connectivity index (χ1v) is 8.56. The average molecular weight is 310 g/mol. The van der Waals surface area contributed by atoms with E-state index in [0.29, 0.717) is 11.3 Å². The Labute approximate surface area is 117 Å². The van der Waals surface area contributed by atoms with Crippen LogP contribution >= 0.6 is 23.4 Å². The minimum atomic E-state index is -3.65. The SMILES string of the molecule is CSCC(C)NS(=O)(=O)c1cc(CO)ccc1Cl. The van der Waals surface area contributed by atoms with Crippen LogP contribution in [0.5, 0.6) is 0 Å². The van der Waals surface area contributed by atoms with Gasteiger partial charge in [0, 0.05) is 11.8 Å². The summed E-state index contributed by atoms with van der Waals surface area (Å²) >= 11 is 7.45. The van der Waals surface area contributed by atoms with Crippen LogP contribution in [0.4, 0.5) is 0 Å². The third-order valence-electron chi connectivity index (χ3n) is 2.24. The van der Waals surface area contributed by atoms with Crippen molar-refractivity contribution in [2.75, 3.05) is 12.0 Å². The lowest BCUT2D eigenvalue weighted by atomic mass is 10.2. The molecule has 0 saturated carbocycles. The Morgan fingerprint density at radius 3 is 2.72 bits per heavy atom. The minimum Gasteiger partial charge on any atom is -0.392 e. The zero-order chi connectivity index (χ0) is 13.8. The van der Waals surface area contributed by atoms with Crippen molar-refractivity contribution in [1.29, 1.82) is 0 Å². The van der Waals surface area contributed by atoms with Gasteiger partial charge >= 0.3 is 0 Å². The predicted octanol–water partition coefficient (Wildman–Crippen LogP) is 1.86. The number of thioether (sulfide) groups is 1. The first-order chi connectivity index (χ1) is 8.40. The molecule has 0 heterocycles. The van der Waals surface area contributed by atoms with Gasteiger partial charge in [-0.15, -0.1) is 0 Å². The number of halogens is 1. The molecule has 1 unspecified atom stereocenters. The van der Waals surface area contributed by atoms with Gasteiger partial charge in [0.15, 0.2) is 0 Å². The van der Waals surface area contributed by atoms with Crippen LogP contribution in [-0.4, -0.2) is 31.6 Å². The second-order valence-electron chi connectivity index (χ2n) is 3.90. The molecule has 0 spiro atoms. The number of hydrogen-bond acceptors (Lipinski definition) is 4. The summed E-state index contributed by atoms with van der Waals surface area (Å²) in [4.78, 5) is 0.00340. The summed E-state index contributed by atoms with van der Waals surface area (Å²) in [5.41, 5.74) is 0.511. The van der Waals surface area contributed by atoms with Crippen molar-refractivity contribution >= 4 is 33.4 Å². The minimum absolute atomic E-state index is 0.00340. The molecule has 18 heavy (non-hydrogen) atoms. The van der Waals surface area contributed by atoms with E-state index in [1.165, 1.54) is 12.1 Å². The fourth-order valence-electron chi connectivity index (χ4n) is 1.46. The van der Waals surface area contributed by atoms with Gasteiger partial charge in [-0.3, -0.25) is 0 Å². The topological polar surface area (TPSA) is 66.4 Å². The Balaban J connectivity index is 3.04. The van der Waals surface area contributed by atoms with Gasteiger partial charge in [0.25, 0.3) is 0 Å². The van der Waals surface area contributed by atoms with E-state index in [1.54, 1.807) is 24.8 Å². The van der Waals surface area contributed by atoms with E-state index in [9.17, 15) is 8.42 Å². The number of benzene rings is 1. The zero-order valence-corrected chi connectivity index (χ0v) is 12.6. The van der Waals surface area contributed by atoms with E-state index in [2.05, 4.69) is 4.72 Å². The molecule has 1 aromatic carbocycles. The van der Waals surface area contributed by atoms with Crippen LogP contribution in [0.25, 0.3) is 0 Å². The van der Waals surface area contributed by atoms with Crippen LogP contribution in [0.15, 0.2) is 23.1 Å². The van der Waals surface area contributed by atoms with Gasteiger partial charge in [0.1, 0.15) is 4.90 Å². The van der Waals surface area contributed by atoms with E-state index in [1.807, 2.05) is 6.26 Å². The molecule has 0 bridgehead atoms. The smallest absolute Gasteiger partial charge is 0.242 e. The summed E-state index contributed by atoms with van der Waals surface area (Å²) < 4.78 is 26.8. The molecule has 0 aromatic heterocycles. The van der Waals surface area contributed by atoms with Crippen molar-refractivity contribution in [3.05, 3.63) is 28.8 Å². The first-order valence-electron chi connectivity index (χ1n) is 5.31. The van der Waals surface area contributed by atoms with Crippen LogP contribution in [-0.2, 0) is 16.6 Å². The summed E-state index contributed by atoms with van der Waals surface area (Å²) in [5, 5.41) is 9.17. The number of nitrogens with one attached hydrogen (secondary N) is 1. The van der Waals surface area contributed by atoms with Crippen molar-refractivity contribution in [2.45, 2.75) is 24.5 Å². The van der Waals surface area contributed by atoms with E-state index in [0.717, 1.165) is 0 Å². The molecule has 0 saturated heterocycles. The largest absolute Gasteiger partial charge is 0.392 e. The Morgan fingerprint density at radius 1 is 1.50 bits per heavy atom. The fourth-order valence-corrected chi connectivity index (χ4v) is 3.95. The van der Waals surface area contributed by atoms with Gasteiger partial charge in [-0.1, -0.05) is 17.7 Å². The molecule has 102 valence electrons. The van der Waals surface area contributed by atoms with Crippen LogP contribution < -0.4 is 4.72 Å². The lowest BCUT2D eigenvalue weighted by molar-refractivity contribution is 0.281. The maximum Gasteiger partial charge on any atom is 0.242 e. The first kappa shape index (κ1) is 15.8. The molecule has 1 rings (SSSR count). The molecular weight excluding hydrogens is 294 g/mol. The van der Waals surface area contributed by atoms with Crippen molar-refractivity contribution < 1.29 is 13.5 Å². The van der Waals surface area contributed by atoms with Crippen molar-refractivity contribution in [3.8, 4) is 0 Å². The molecule has 2 N–H and O–H groups in total. The number of sulfonamides is 1. The third kappa shape index (κ3) is 4.13. The molecule has 0 aliphatic carbocycles. The number of aliphatic hydroxyl groups is 1. The van der Waals surface area contributed by atoms with E-state index in [4.69, 9.17) is 16.7 Å². The van der Waals surface area contributed by atoms with Crippen LogP contribution in [0.3, 0.4) is 0 Å². The lowest BCUT2D eigenvalue weighted by Crippen LogP contribution is -2.34. The Bertz CT molecular complexity index is 505. The van der Waals surface area contributed by atoms with Crippen molar-refractivity contribution in [2.24, 2.45) is 0 Å². The van der Waals surface area contributed by atoms with Gasteiger partial charge in [-0.05, 0) is 30.9 Å². The molecule has 0 amide bonds. The molecule has 1 atom stereocenters. The van der Waals surface area contributed by atoms with E-state index >= 15 is 0 Å². The molecule has 7 heteroatoms. The average Bonchev–Trinajstić information content (AvgIpc) is 2.29. The number of aliphatic hydroxyl groups excluding tert-OH is 1. The van der Waals surface area contributed by atoms with Crippen LogP contribution in [0, 0.1) is 0 Å². The highest BCUT2D eigenvalue weighted by molar-refractivity contribution is 7.98. The van der Waals surface area contributed by atoms with Gasteiger partial charge in [0.2, 0.25) is 10.0 Å². The summed E-state index contributed by atoms with van der Waals surface area (Å²) in [6, 6.07) is 4.27. The van der Waals surface area contributed by atoms with Gasteiger partial charge in [-0.2, -0.15) is 11.8 Å². The Kier molecular flexibility index (Phi) is 5.94. The van der Waals surface area contributed by atoms with Crippen LogP contribution in [0.1, 0.15) is 12.5 Å². The quantitative estimate of drug-likeness (QED) is 0.842. The molecule has 0 aliphatic heterocycles. The summed E-state index contributed by atoms with van der Waals surface area (Å²) in [6.07, 6.45) is 1.91. The second-order valence-corrected chi connectivity index (χ2v) is 6.90. The molecule has 0 aliphatic rings. The lowest BCUT2D eigenvalue weighted by Gasteiger charge is -2.14.